The molecule has 0 saturated carbocycles. The van der Waals surface area contributed by atoms with Gasteiger partial charge in [0.15, 0.2) is 0 Å². The Morgan fingerprint density at radius 3 is 3.13 bits per heavy atom. The van der Waals surface area contributed by atoms with Crippen molar-refractivity contribution >= 4 is 5.91 Å². The lowest BCUT2D eigenvalue weighted by molar-refractivity contribution is -0.121. The highest BCUT2D eigenvalue weighted by Crippen LogP contribution is 2.05. The van der Waals surface area contributed by atoms with E-state index >= 15 is 0 Å². The highest BCUT2D eigenvalue weighted by molar-refractivity contribution is 5.75. The van der Waals surface area contributed by atoms with Crippen molar-refractivity contribution in [1.29, 1.82) is 0 Å². The van der Waals surface area contributed by atoms with Gasteiger partial charge < -0.3 is 15.4 Å². The minimum atomic E-state index is 0.154. The van der Waals surface area contributed by atoms with Gasteiger partial charge in [-0.1, -0.05) is 0 Å². The first-order valence-electron chi connectivity index (χ1n) is 5.88. The molecule has 1 fully saturated rings. The molecule has 4 heteroatoms. The van der Waals surface area contributed by atoms with Gasteiger partial charge in [-0.25, -0.2) is 0 Å². The van der Waals surface area contributed by atoms with E-state index < -0.39 is 0 Å². The van der Waals surface area contributed by atoms with Crippen LogP contribution in [0.1, 0.15) is 26.2 Å². The van der Waals surface area contributed by atoms with Gasteiger partial charge in [-0.15, -0.1) is 0 Å². The molecule has 1 heterocycles. The van der Waals surface area contributed by atoms with Crippen molar-refractivity contribution in [2.75, 3.05) is 32.8 Å². The van der Waals surface area contributed by atoms with Crippen LogP contribution in [-0.2, 0) is 9.53 Å². The van der Waals surface area contributed by atoms with Crippen LogP contribution in [0.3, 0.4) is 0 Å². The van der Waals surface area contributed by atoms with Crippen LogP contribution in [0, 0.1) is 5.92 Å². The minimum absolute atomic E-state index is 0.154. The van der Waals surface area contributed by atoms with Crippen LogP contribution in [0.25, 0.3) is 0 Å². The predicted molar refractivity (Wildman–Crippen MR) is 59.7 cm³/mol. The number of rotatable bonds is 7. The summed E-state index contributed by atoms with van der Waals surface area (Å²) < 4.78 is 5.17. The summed E-state index contributed by atoms with van der Waals surface area (Å²) >= 11 is 0. The van der Waals surface area contributed by atoms with E-state index in [1.54, 1.807) is 0 Å². The summed E-state index contributed by atoms with van der Waals surface area (Å²) in [4.78, 5) is 11.4. The van der Waals surface area contributed by atoms with Crippen LogP contribution >= 0.6 is 0 Å². The number of amides is 1. The normalized spacial score (nSPS) is 20.5. The zero-order valence-corrected chi connectivity index (χ0v) is 9.55. The van der Waals surface area contributed by atoms with Crippen LogP contribution in [0.2, 0.25) is 0 Å². The van der Waals surface area contributed by atoms with Crippen molar-refractivity contribution in [3.05, 3.63) is 0 Å². The maximum atomic E-state index is 11.4. The van der Waals surface area contributed by atoms with E-state index in [0.717, 1.165) is 32.7 Å². The number of ether oxygens (including phenoxy) is 1. The highest BCUT2D eigenvalue weighted by atomic mass is 16.5. The van der Waals surface area contributed by atoms with Crippen molar-refractivity contribution < 1.29 is 9.53 Å². The van der Waals surface area contributed by atoms with Crippen LogP contribution in [0.15, 0.2) is 0 Å². The largest absolute Gasteiger partial charge is 0.382 e. The first kappa shape index (κ1) is 12.5. The number of hydrogen-bond acceptors (Lipinski definition) is 3. The summed E-state index contributed by atoms with van der Waals surface area (Å²) in [5.41, 5.74) is 0. The lowest BCUT2D eigenvalue weighted by atomic mass is 10.1. The molecule has 2 N–H and O–H groups in total. The van der Waals surface area contributed by atoms with Gasteiger partial charge >= 0.3 is 0 Å². The molecule has 1 amide bonds. The third kappa shape index (κ3) is 5.74. The molecule has 0 aromatic carbocycles. The molecule has 0 spiro atoms. The van der Waals surface area contributed by atoms with Crippen molar-refractivity contribution in [2.45, 2.75) is 26.2 Å². The smallest absolute Gasteiger partial charge is 0.220 e. The zero-order valence-electron chi connectivity index (χ0n) is 9.55. The fraction of sp³-hybridized carbons (Fsp3) is 0.909. The van der Waals surface area contributed by atoms with Crippen LogP contribution in [-0.4, -0.2) is 38.8 Å². The SMILES string of the molecule is CCOCCCC(=O)NCC1CCNC1. The number of carbonyl (C=O) groups is 1. The molecular weight excluding hydrogens is 192 g/mol. The zero-order chi connectivity index (χ0) is 10.9. The van der Waals surface area contributed by atoms with Crippen LogP contribution < -0.4 is 10.6 Å². The summed E-state index contributed by atoms with van der Waals surface area (Å²) in [6.07, 6.45) is 2.59. The van der Waals surface area contributed by atoms with Gasteiger partial charge in [0.25, 0.3) is 0 Å². The van der Waals surface area contributed by atoms with E-state index in [2.05, 4.69) is 10.6 Å². The third-order valence-corrected chi connectivity index (χ3v) is 2.65. The Balaban J connectivity index is 1.93. The maximum absolute atomic E-state index is 11.4. The van der Waals surface area contributed by atoms with Gasteiger partial charge in [0.2, 0.25) is 5.91 Å². The average Bonchev–Trinajstić information content (AvgIpc) is 2.74. The molecule has 1 rings (SSSR count). The molecule has 1 atom stereocenters. The van der Waals surface area contributed by atoms with Gasteiger partial charge in [0.1, 0.15) is 0 Å². The molecule has 0 aliphatic carbocycles. The molecular formula is C11H22N2O2. The molecule has 1 saturated heterocycles. The lowest BCUT2D eigenvalue weighted by Crippen LogP contribution is -2.30. The quantitative estimate of drug-likeness (QED) is 0.608. The number of hydrogen-bond donors (Lipinski definition) is 2. The van der Waals surface area contributed by atoms with Crippen LogP contribution in [0.4, 0.5) is 0 Å². The summed E-state index contributed by atoms with van der Waals surface area (Å²) in [6, 6.07) is 0. The summed E-state index contributed by atoms with van der Waals surface area (Å²) in [5.74, 6) is 0.780. The minimum Gasteiger partial charge on any atom is -0.382 e. The van der Waals surface area contributed by atoms with E-state index in [-0.39, 0.29) is 5.91 Å². The highest BCUT2D eigenvalue weighted by Gasteiger charge is 2.14. The second kappa shape index (κ2) is 7.65. The van der Waals surface area contributed by atoms with Gasteiger partial charge in [-0.3, -0.25) is 4.79 Å². The van der Waals surface area contributed by atoms with Crippen molar-refractivity contribution in [3.63, 3.8) is 0 Å². The number of carbonyl (C=O) groups excluding carboxylic acids is 1. The van der Waals surface area contributed by atoms with Crippen molar-refractivity contribution in [3.8, 4) is 0 Å². The second-order valence-corrected chi connectivity index (χ2v) is 3.96. The lowest BCUT2D eigenvalue weighted by Gasteiger charge is -2.09. The van der Waals surface area contributed by atoms with Gasteiger partial charge in [0, 0.05) is 26.2 Å². The molecule has 15 heavy (non-hydrogen) atoms. The van der Waals surface area contributed by atoms with Gasteiger partial charge in [0.05, 0.1) is 0 Å². The molecule has 1 aliphatic heterocycles. The Kier molecular flexibility index (Phi) is 6.36. The molecule has 1 unspecified atom stereocenters. The van der Waals surface area contributed by atoms with Crippen molar-refractivity contribution in [1.82, 2.24) is 10.6 Å². The van der Waals surface area contributed by atoms with E-state index in [1.807, 2.05) is 6.92 Å². The van der Waals surface area contributed by atoms with E-state index in [0.29, 0.717) is 18.9 Å². The first-order chi connectivity index (χ1) is 7.33. The third-order valence-electron chi connectivity index (χ3n) is 2.65. The predicted octanol–water partition coefficient (Wildman–Crippen LogP) is 0.529. The van der Waals surface area contributed by atoms with Crippen LogP contribution in [0.5, 0.6) is 0 Å². The topological polar surface area (TPSA) is 50.4 Å². The van der Waals surface area contributed by atoms with Gasteiger partial charge in [-0.2, -0.15) is 0 Å². The second-order valence-electron chi connectivity index (χ2n) is 3.96. The fourth-order valence-corrected chi connectivity index (χ4v) is 1.71. The molecule has 4 nitrogen and oxygen atoms in total. The Morgan fingerprint density at radius 1 is 1.60 bits per heavy atom. The molecule has 0 radical (unpaired) electrons. The maximum Gasteiger partial charge on any atom is 0.220 e. The molecule has 0 aromatic heterocycles. The summed E-state index contributed by atoms with van der Waals surface area (Å²) in [6.45, 7) is 6.34. The Bertz CT molecular complexity index is 179. The monoisotopic (exact) mass is 214 g/mol. The Morgan fingerprint density at radius 2 is 2.47 bits per heavy atom. The van der Waals surface area contributed by atoms with E-state index in [1.165, 1.54) is 6.42 Å². The first-order valence-corrected chi connectivity index (χ1v) is 5.88. The average molecular weight is 214 g/mol. The fourth-order valence-electron chi connectivity index (χ4n) is 1.71. The molecule has 0 bridgehead atoms. The summed E-state index contributed by atoms with van der Waals surface area (Å²) in [7, 11) is 0. The molecule has 88 valence electrons. The van der Waals surface area contributed by atoms with E-state index in [4.69, 9.17) is 4.74 Å². The Hall–Kier alpha value is -0.610. The van der Waals surface area contributed by atoms with E-state index in [9.17, 15) is 4.79 Å². The number of nitrogens with one attached hydrogen (secondary N) is 2. The standard InChI is InChI=1S/C11H22N2O2/c1-2-15-7-3-4-11(14)13-9-10-5-6-12-8-10/h10,12H,2-9H2,1H3,(H,13,14). The summed E-state index contributed by atoms with van der Waals surface area (Å²) in [5, 5.41) is 6.25. The Labute approximate surface area is 91.8 Å². The molecule has 0 aromatic rings. The molecule has 1 aliphatic rings. The van der Waals surface area contributed by atoms with Gasteiger partial charge in [-0.05, 0) is 38.8 Å². The van der Waals surface area contributed by atoms with Crippen molar-refractivity contribution in [2.24, 2.45) is 5.92 Å².